The van der Waals surface area contributed by atoms with Gasteiger partial charge in [-0.1, -0.05) is 0 Å². The summed E-state index contributed by atoms with van der Waals surface area (Å²) in [4.78, 5) is 14.6. The number of likely N-dealkylation sites (tertiary alicyclic amines) is 1. The minimum absolute atomic E-state index is 0. The number of benzene rings is 1. The maximum Gasteiger partial charge on any atom is 0.253 e. The van der Waals surface area contributed by atoms with Crippen molar-refractivity contribution in [3.63, 3.8) is 0 Å². The van der Waals surface area contributed by atoms with Crippen molar-refractivity contribution in [1.82, 2.24) is 4.90 Å². The Kier molecular flexibility index (Phi) is 10.4. The van der Waals surface area contributed by atoms with Crippen LogP contribution in [0, 0.1) is 0 Å². The molecule has 1 saturated heterocycles. The second-order valence-corrected chi connectivity index (χ2v) is 6.03. The van der Waals surface area contributed by atoms with Crippen molar-refractivity contribution in [3.05, 3.63) is 23.8 Å². The van der Waals surface area contributed by atoms with Gasteiger partial charge >= 0.3 is 0 Å². The Morgan fingerprint density at radius 3 is 2.42 bits per heavy atom. The highest BCUT2D eigenvalue weighted by Gasteiger charge is 2.24. The lowest BCUT2D eigenvalue weighted by Crippen LogP contribution is -2.41. The number of piperidine rings is 1. The van der Waals surface area contributed by atoms with Crippen molar-refractivity contribution in [3.8, 4) is 11.5 Å². The van der Waals surface area contributed by atoms with Gasteiger partial charge in [-0.3, -0.25) is 4.79 Å². The Labute approximate surface area is 162 Å². The number of carbonyl (C=O) groups excluding carboxylic acids is 1. The highest BCUT2D eigenvalue weighted by Crippen LogP contribution is 2.29. The van der Waals surface area contributed by atoms with Crippen LogP contribution in [0.4, 0.5) is 0 Å². The van der Waals surface area contributed by atoms with Crippen LogP contribution >= 0.6 is 12.4 Å². The maximum atomic E-state index is 12.8. The van der Waals surface area contributed by atoms with Gasteiger partial charge < -0.3 is 24.8 Å². The third-order valence-corrected chi connectivity index (χ3v) is 4.22. The molecule has 26 heavy (non-hydrogen) atoms. The van der Waals surface area contributed by atoms with Crippen LogP contribution in [0.5, 0.6) is 11.5 Å². The molecule has 1 aromatic carbocycles. The summed E-state index contributed by atoms with van der Waals surface area (Å²) < 4.78 is 17.0. The van der Waals surface area contributed by atoms with Gasteiger partial charge in [-0.25, -0.2) is 0 Å². The number of nitrogens with zero attached hydrogens (tertiary/aromatic N) is 1. The zero-order valence-electron chi connectivity index (χ0n) is 15.7. The zero-order chi connectivity index (χ0) is 18.1. The Morgan fingerprint density at radius 1 is 1.15 bits per heavy atom. The Hall–Kier alpha value is -1.50. The minimum atomic E-state index is 0. The van der Waals surface area contributed by atoms with Gasteiger partial charge in [0.05, 0.1) is 19.3 Å². The molecular formula is C19H31ClN2O4. The number of amides is 1. The summed E-state index contributed by atoms with van der Waals surface area (Å²) in [6.07, 6.45) is 2.85. The molecule has 2 rings (SSSR count). The molecule has 0 aliphatic carbocycles. The first kappa shape index (κ1) is 22.5. The Morgan fingerprint density at radius 2 is 1.81 bits per heavy atom. The molecule has 1 aliphatic rings. The topological polar surface area (TPSA) is 74.0 Å². The van der Waals surface area contributed by atoms with Gasteiger partial charge in [0.2, 0.25) is 0 Å². The number of ether oxygens (including phenoxy) is 3. The standard InChI is InChI=1S/C19H30N2O4.ClH/c1-3-23-17-7-6-15(14-18(17)24-4-2)19(22)21-11-8-16(9-12-21)25-13-5-10-20;/h6-7,14,16H,3-5,8-13,20H2,1-2H3;1H. The largest absolute Gasteiger partial charge is 0.490 e. The van der Waals surface area contributed by atoms with E-state index in [2.05, 4.69) is 0 Å². The predicted octanol–water partition coefficient (Wildman–Crippen LogP) is 2.88. The first-order valence-electron chi connectivity index (χ1n) is 9.20. The zero-order valence-corrected chi connectivity index (χ0v) is 16.6. The van der Waals surface area contributed by atoms with Gasteiger partial charge in [0.15, 0.2) is 11.5 Å². The van der Waals surface area contributed by atoms with Crippen molar-refractivity contribution in [2.45, 2.75) is 39.2 Å². The van der Waals surface area contributed by atoms with Crippen molar-refractivity contribution < 1.29 is 19.0 Å². The van der Waals surface area contributed by atoms with E-state index in [4.69, 9.17) is 19.9 Å². The number of hydrogen-bond acceptors (Lipinski definition) is 5. The van der Waals surface area contributed by atoms with E-state index < -0.39 is 0 Å². The first-order chi connectivity index (χ1) is 12.2. The monoisotopic (exact) mass is 386 g/mol. The molecule has 6 nitrogen and oxygen atoms in total. The summed E-state index contributed by atoms with van der Waals surface area (Å²) in [5.74, 6) is 1.33. The molecule has 148 valence electrons. The normalized spacial score (nSPS) is 14.7. The Bertz CT molecular complexity index is 548. The van der Waals surface area contributed by atoms with Crippen molar-refractivity contribution >= 4 is 18.3 Å². The maximum absolute atomic E-state index is 12.8. The molecule has 1 heterocycles. The van der Waals surface area contributed by atoms with Gasteiger partial charge in [0, 0.05) is 25.3 Å². The van der Waals surface area contributed by atoms with Crippen LogP contribution in [-0.4, -0.2) is 56.4 Å². The molecule has 1 aliphatic heterocycles. The van der Waals surface area contributed by atoms with Gasteiger partial charge in [0.25, 0.3) is 5.91 Å². The van der Waals surface area contributed by atoms with Crippen molar-refractivity contribution in [1.29, 1.82) is 0 Å². The third kappa shape index (κ3) is 6.34. The molecule has 1 aromatic rings. The number of hydrogen-bond donors (Lipinski definition) is 1. The van der Waals surface area contributed by atoms with Gasteiger partial charge in [-0.15, -0.1) is 12.4 Å². The fourth-order valence-electron chi connectivity index (χ4n) is 2.93. The number of halogens is 1. The summed E-state index contributed by atoms with van der Waals surface area (Å²) in [6.45, 7) is 7.71. The average molecular weight is 387 g/mol. The molecule has 0 bridgehead atoms. The molecule has 0 unspecified atom stereocenters. The lowest BCUT2D eigenvalue weighted by molar-refractivity contribution is 0.00843. The quantitative estimate of drug-likeness (QED) is 0.660. The highest BCUT2D eigenvalue weighted by atomic mass is 35.5. The van der Waals surface area contributed by atoms with E-state index in [-0.39, 0.29) is 24.4 Å². The lowest BCUT2D eigenvalue weighted by atomic mass is 10.1. The van der Waals surface area contributed by atoms with E-state index in [1.807, 2.05) is 24.8 Å². The van der Waals surface area contributed by atoms with Crippen molar-refractivity contribution in [2.75, 3.05) is 39.5 Å². The molecule has 1 fully saturated rings. The van der Waals surface area contributed by atoms with Gasteiger partial charge in [-0.05, 0) is 57.9 Å². The van der Waals surface area contributed by atoms with Crippen LogP contribution in [0.3, 0.4) is 0 Å². The molecule has 0 aromatic heterocycles. The van der Waals surface area contributed by atoms with E-state index >= 15 is 0 Å². The van der Waals surface area contributed by atoms with E-state index in [1.165, 1.54) is 0 Å². The fourth-order valence-corrected chi connectivity index (χ4v) is 2.93. The molecule has 0 radical (unpaired) electrons. The second kappa shape index (κ2) is 12.0. The fraction of sp³-hybridized carbons (Fsp3) is 0.632. The van der Waals surface area contributed by atoms with E-state index in [1.54, 1.807) is 12.1 Å². The summed E-state index contributed by atoms with van der Waals surface area (Å²) in [5, 5.41) is 0. The molecule has 0 spiro atoms. The summed E-state index contributed by atoms with van der Waals surface area (Å²) >= 11 is 0. The van der Waals surface area contributed by atoms with Crippen LogP contribution in [-0.2, 0) is 4.74 Å². The summed E-state index contributed by atoms with van der Waals surface area (Å²) in [6, 6.07) is 5.39. The van der Waals surface area contributed by atoms with Gasteiger partial charge in [0.1, 0.15) is 0 Å². The molecule has 1 amide bonds. The van der Waals surface area contributed by atoms with Gasteiger partial charge in [-0.2, -0.15) is 0 Å². The van der Waals surface area contributed by atoms with Crippen LogP contribution in [0.25, 0.3) is 0 Å². The summed E-state index contributed by atoms with van der Waals surface area (Å²) in [5.41, 5.74) is 6.12. The number of rotatable bonds is 9. The molecule has 0 atom stereocenters. The van der Waals surface area contributed by atoms with Crippen LogP contribution in [0.15, 0.2) is 18.2 Å². The first-order valence-corrected chi connectivity index (χ1v) is 9.20. The number of carbonyl (C=O) groups is 1. The minimum Gasteiger partial charge on any atom is -0.490 e. The molecule has 0 saturated carbocycles. The molecule has 7 heteroatoms. The second-order valence-electron chi connectivity index (χ2n) is 6.03. The van der Waals surface area contributed by atoms with Crippen LogP contribution in [0.2, 0.25) is 0 Å². The van der Waals surface area contributed by atoms with Crippen molar-refractivity contribution in [2.24, 2.45) is 5.73 Å². The molecule has 2 N–H and O–H groups in total. The Balaban J connectivity index is 0.00000338. The third-order valence-electron chi connectivity index (χ3n) is 4.22. The van der Waals surface area contributed by atoms with E-state index in [9.17, 15) is 4.79 Å². The highest BCUT2D eigenvalue weighted by molar-refractivity contribution is 5.95. The summed E-state index contributed by atoms with van der Waals surface area (Å²) in [7, 11) is 0. The molecular weight excluding hydrogens is 356 g/mol. The van der Waals surface area contributed by atoms with Crippen LogP contribution in [0.1, 0.15) is 43.5 Å². The average Bonchev–Trinajstić information content (AvgIpc) is 2.64. The SMILES string of the molecule is CCOc1ccc(C(=O)N2CCC(OCCCN)CC2)cc1OCC.Cl. The lowest BCUT2D eigenvalue weighted by Gasteiger charge is -2.32. The van der Waals surface area contributed by atoms with E-state index in [0.717, 1.165) is 19.3 Å². The van der Waals surface area contributed by atoms with E-state index in [0.29, 0.717) is 56.5 Å². The number of nitrogens with two attached hydrogens (primary N) is 1. The predicted molar refractivity (Wildman–Crippen MR) is 105 cm³/mol. The van der Waals surface area contributed by atoms with Crippen LogP contribution < -0.4 is 15.2 Å². The smallest absolute Gasteiger partial charge is 0.253 e.